The van der Waals surface area contributed by atoms with Crippen molar-refractivity contribution in [3.8, 4) is 45.0 Å². The monoisotopic (exact) mass is 562 g/mol. The van der Waals surface area contributed by atoms with Crippen molar-refractivity contribution in [3.63, 3.8) is 0 Å². The van der Waals surface area contributed by atoms with E-state index >= 15 is 0 Å². The zero-order valence-corrected chi connectivity index (χ0v) is 24.4. The van der Waals surface area contributed by atoms with Crippen LogP contribution in [0.15, 0.2) is 141 Å². The zero-order valence-electron chi connectivity index (χ0n) is 22.8. The van der Waals surface area contributed by atoms with E-state index in [-0.39, 0.29) is 5.41 Å². The standard InChI is InChI=1S/C37H26N2S2/c1-37(2)28-19-25(31-22-30(23-11-5-3-6-12-23)38-36(39-31)24-13-7-4-8-14-24)17-18-26(28)27-20-34-35(21-29(27)37)41-33-16-10-9-15-32(33)40-34/h3-22H,1-2H3. The van der Waals surface area contributed by atoms with Gasteiger partial charge in [0.2, 0.25) is 0 Å². The summed E-state index contributed by atoms with van der Waals surface area (Å²) >= 11 is 3.77. The predicted molar refractivity (Wildman–Crippen MR) is 171 cm³/mol. The Morgan fingerprint density at radius 1 is 0.463 bits per heavy atom. The van der Waals surface area contributed by atoms with Gasteiger partial charge in [0.25, 0.3) is 0 Å². The third kappa shape index (κ3) is 4.13. The molecular weight excluding hydrogens is 537 g/mol. The molecule has 0 N–H and O–H groups in total. The van der Waals surface area contributed by atoms with Crippen molar-refractivity contribution in [2.45, 2.75) is 38.8 Å². The molecular formula is C37H26N2S2. The first-order chi connectivity index (χ1) is 20.0. The van der Waals surface area contributed by atoms with Gasteiger partial charge in [0.15, 0.2) is 5.82 Å². The molecule has 0 saturated heterocycles. The van der Waals surface area contributed by atoms with E-state index in [0.717, 1.165) is 33.9 Å². The minimum absolute atomic E-state index is 0.116. The Kier molecular flexibility index (Phi) is 5.70. The highest BCUT2D eigenvalue weighted by Crippen LogP contribution is 2.56. The third-order valence-corrected chi connectivity index (χ3v) is 10.7. The highest BCUT2D eigenvalue weighted by Gasteiger charge is 2.37. The highest BCUT2D eigenvalue weighted by molar-refractivity contribution is 8.05. The second-order valence-corrected chi connectivity index (χ2v) is 13.2. The largest absolute Gasteiger partial charge is 0.228 e. The van der Waals surface area contributed by atoms with Gasteiger partial charge in [0, 0.05) is 41.7 Å². The molecule has 2 aliphatic rings. The summed E-state index contributed by atoms with van der Waals surface area (Å²) in [6.07, 6.45) is 0. The van der Waals surface area contributed by atoms with Crippen LogP contribution < -0.4 is 0 Å². The fourth-order valence-corrected chi connectivity index (χ4v) is 8.26. The summed E-state index contributed by atoms with van der Waals surface area (Å²) in [5.74, 6) is 0.742. The van der Waals surface area contributed by atoms with Gasteiger partial charge in [0.1, 0.15) is 0 Å². The SMILES string of the molecule is CC1(C)c2cc(-c3cc(-c4ccccc4)nc(-c4ccccc4)n3)ccc2-c2cc3c(cc21)Sc1ccccc1S3. The van der Waals surface area contributed by atoms with Crippen LogP contribution in [0.25, 0.3) is 45.0 Å². The van der Waals surface area contributed by atoms with Gasteiger partial charge in [-0.2, -0.15) is 0 Å². The molecule has 4 heteroatoms. The fourth-order valence-electron chi connectivity index (χ4n) is 5.98. The van der Waals surface area contributed by atoms with Crippen molar-refractivity contribution in [1.29, 1.82) is 0 Å². The molecule has 41 heavy (non-hydrogen) atoms. The normalized spacial score (nSPS) is 14.1. The highest BCUT2D eigenvalue weighted by atomic mass is 32.2. The van der Waals surface area contributed by atoms with Gasteiger partial charge in [-0.05, 0) is 58.7 Å². The lowest BCUT2D eigenvalue weighted by atomic mass is 9.82. The summed E-state index contributed by atoms with van der Waals surface area (Å²) in [5, 5.41) is 0. The number of fused-ring (bicyclic) bond motifs is 5. The van der Waals surface area contributed by atoms with Crippen molar-refractivity contribution in [1.82, 2.24) is 9.97 Å². The number of hydrogen-bond donors (Lipinski definition) is 0. The van der Waals surface area contributed by atoms with E-state index in [4.69, 9.17) is 9.97 Å². The smallest absolute Gasteiger partial charge is 0.160 e. The van der Waals surface area contributed by atoms with Crippen LogP contribution in [0.2, 0.25) is 0 Å². The van der Waals surface area contributed by atoms with E-state index in [1.165, 1.54) is 41.8 Å². The maximum atomic E-state index is 5.09. The van der Waals surface area contributed by atoms with Crippen LogP contribution in [0.4, 0.5) is 0 Å². The van der Waals surface area contributed by atoms with Crippen molar-refractivity contribution >= 4 is 23.5 Å². The van der Waals surface area contributed by atoms with Crippen LogP contribution in [0.3, 0.4) is 0 Å². The maximum absolute atomic E-state index is 5.09. The number of nitrogens with zero attached hydrogens (tertiary/aromatic N) is 2. The van der Waals surface area contributed by atoms with Crippen molar-refractivity contribution < 1.29 is 0 Å². The van der Waals surface area contributed by atoms with E-state index in [0.29, 0.717) is 0 Å². The van der Waals surface area contributed by atoms with Crippen LogP contribution in [-0.4, -0.2) is 9.97 Å². The van der Waals surface area contributed by atoms with Crippen LogP contribution in [0.5, 0.6) is 0 Å². The molecule has 0 saturated carbocycles. The second kappa shape index (κ2) is 9.47. The van der Waals surface area contributed by atoms with Crippen molar-refractivity contribution in [2.24, 2.45) is 0 Å². The molecule has 6 aromatic rings. The van der Waals surface area contributed by atoms with E-state index in [9.17, 15) is 0 Å². The third-order valence-electron chi connectivity index (χ3n) is 8.15. The summed E-state index contributed by atoms with van der Waals surface area (Å²) in [4.78, 5) is 15.4. The van der Waals surface area contributed by atoms with Gasteiger partial charge in [-0.15, -0.1) is 0 Å². The molecule has 0 bridgehead atoms. The Bertz CT molecular complexity index is 1910. The predicted octanol–water partition coefficient (Wildman–Crippen LogP) is 10.4. The molecule has 2 heterocycles. The van der Waals surface area contributed by atoms with Crippen LogP contribution in [-0.2, 0) is 5.41 Å². The Balaban J connectivity index is 1.25. The first kappa shape index (κ1) is 24.7. The number of aromatic nitrogens is 2. The molecule has 0 amide bonds. The lowest BCUT2D eigenvalue weighted by Gasteiger charge is -2.24. The fraction of sp³-hybridized carbons (Fsp3) is 0.0811. The molecule has 0 fully saturated rings. The van der Waals surface area contributed by atoms with E-state index < -0.39 is 0 Å². The topological polar surface area (TPSA) is 25.8 Å². The summed E-state index contributed by atoms with van der Waals surface area (Å²) in [6, 6.07) is 43.2. The number of hydrogen-bond acceptors (Lipinski definition) is 4. The first-order valence-corrected chi connectivity index (χ1v) is 15.5. The van der Waals surface area contributed by atoms with Crippen molar-refractivity contribution in [3.05, 3.63) is 132 Å². The molecule has 1 aliphatic heterocycles. The van der Waals surface area contributed by atoms with Crippen LogP contribution in [0, 0.1) is 0 Å². The van der Waals surface area contributed by atoms with Gasteiger partial charge in [-0.25, -0.2) is 9.97 Å². The minimum Gasteiger partial charge on any atom is -0.228 e. The van der Waals surface area contributed by atoms with E-state index in [2.05, 4.69) is 111 Å². The number of rotatable bonds is 3. The van der Waals surface area contributed by atoms with Gasteiger partial charge >= 0.3 is 0 Å². The van der Waals surface area contributed by atoms with Gasteiger partial charge < -0.3 is 0 Å². The Hall–Kier alpha value is -4.12. The van der Waals surface area contributed by atoms with Crippen LogP contribution in [0.1, 0.15) is 25.0 Å². The molecule has 1 aromatic heterocycles. The average molecular weight is 563 g/mol. The molecule has 0 unspecified atom stereocenters. The lowest BCUT2D eigenvalue weighted by Crippen LogP contribution is -2.15. The van der Waals surface area contributed by atoms with Gasteiger partial charge in [-0.1, -0.05) is 122 Å². The summed E-state index contributed by atoms with van der Waals surface area (Å²) in [6.45, 7) is 4.71. The molecule has 8 rings (SSSR count). The molecule has 0 radical (unpaired) electrons. The van der Waals surface area contributed by atoms with E-state index in [1.54, 1.807) is 0 Å². The molecule has 2 nitrogen and oxygen atoms in total. The van der Waals surface area contributed by atoms with Crippen LogP contribution >= 0.6 is 23.5 Å². The minimum atomic E-state index is -0.116. The summed E-state index contributed by atoms with van der Waals surface area (Å²) < 4.78 is 0. The Morgan fingerprint density at radius 3 is 1.71 bits per heavy atom. The summed E-state index contributed by atoms with van der Waals surface area (Å²) in [5.41, 5.74) is 10.4. The molecule has 196 valence electrons. The molecule has 0 spiro atoms. The van der Waals surface area contributed by atoms with Gasteiger partial charge in [-0.3, -0.25) is 0 Å². The summed E-state index contributed by atoms with van der Waals surface area (Å²) in [7, 11) is 0. The Labute approximate surface area is 248 Å². The van der Waals surface area contributed by atoms with E-state index in [1.807, 2.05) is 47.8 Å². The molecule has 0 atom stereocenters. The lowest BCUT2D eigenvalue weighted by molar-refractivity contribution is 0.658. The Morgan fingerprint density at radius 2 is 1.02 bits per heavy atom. The quantitative estimate of drug-likeness (QED) is 0.214. The molecule has 5 aromatic carbocycles. The zero-order chi connectivity index (χ0) is 27.6. The second-order valence-electron chi connectivity index (χ2n) is 11.1. The molecule has 1 aliphatic carbocycles. The number of benzene rings is 5. The van der Waals surface area contributed by atoms with Gasteiger partial charge in [0.05, 0.1) is 11.4 Å². The maximum Gasteiger partial charge on any atom is 0.160 e. The average Bonchev–Trinajstić information content (AvgIpc) is 3.24. The first-order valence-electron chi connectivity index (χ1n) is 13.8. The van der Waals surface area contributed by atoms with Crippen molar-refractivity contribution in [2.75, 3.05) is 0 Å².